The molecule has 0 aliphatic carbocycles. The molecular weight excluding hydrogens is 374 g/mol. The number of aromatic amines is 1. The molecule has 0 fully saturated rings. The standard InChI is InChI=1S/C20H23N5O2S/c1-5-10-25-19(27)16-7-6-14(11-17(16)22-20(25)28)18(26)21-9-8-15-12(2)23-24(4)13(15)3/h5-7,11H,1,8-10H2,2-4H3,(H,21,26)(H,22,28). The number of fused-ring (bicyclic) bond motifs is 1. The van der Waals surface area contributed by atoms with E-state index < -0.39 is 0 Å². The van der Waals surface area contributed by atoms with Gasteiger partial charge < -0.3 is 10.3 Å². The van der Waals surface area contributed by atoms with Gasteiger partial charge in [-0.2, -0.15) is 5.10 Å². The van der Waals surface area contributed by atoms with Gasteiger partial charge in [0.05, 0.1) is 16.6 Å². The van der Waals surface area contributed by atoms with Gasteiger partial charge in [-0.1, -0.05) is 6.08 Å². The van der Waals surface area contributed by atoms with Crippen molar-refractivity contribution < 1.29 is 4.79 Å². The smallest absolute Gasteiger partial charge is 0.262 e. The van der Waals surface area contributed by atoms with Crippen LogP contribution in [0.3, 0.4) is 0 Å². The number of hydrogen-bond donors (Lipinski definition) is 2. The Labute approximate surface area is 167 Å². The third kappa shape index (κ3) is 3.68. The van der Waals surface area contributed by atoms with E-state index in [0.717, 1.165) is 17.0 Å². The summed E-state index contributed by atoms with van der Waals surface area (Å²) in [5, 5.41) is 7.79. The van der Waals surface area contributed by atoms with Crippen molar-refractivity contribution in [2.75, 3.05) is 6.54 Å². The highest BCUT2D eigenvalue weighted by Crippen LogP contribution is 2.13. The topological polar surface area (TPSA) is 84.7 Å². The lowest BCUT2D eigenvalue weighted by Gasteiger charge is -2.09. The van der Waals surface area contributed by atoms with Crippen LogP contribution in [0, 0.1) is 18.6 Å². The van der Waals surface area contributed by atoms with E-state index in [4.69, 9.17) is 12.2 Å². The van der Waals surface area contributed by atoms with Gasteiger partial charge in [-0.05, 0) is 56.2 Å². The van der Waals surface area contributed by atoms with E-state index in [-0.39, 0.29) is 11.5 Å². The van der Waals surface area contributed by atoms with Crippen LogP contribution in [0.5, 0.6) is 0 Å². The number of hydrogen-bond acceptors (Lipinski definition) is 4. The van der Waals surface area contributed by atoms with Gasteiger partial charge in [-0.3, -0.25) is 18.8 Å². The maximum atomic E-state index is 12.5. The van der Waals surface area contributed by atoms with Gasteiger partial charge in [0.15, 0.2) is 4.77 Å². The fourth-order valence-corrected chi connectivity index (χ4v) is 3.54. The SMILES string of the molecule is C=CCn1c(=S)[nH]c2cc(C(=O)NCCc3c(C)nn(C)c3C)ccc2c1=O. The van der Waals surface area contributed by atoms with Gasteiger partial charge in [-0.15, -0.1) is 6.58 Å². The molecule has 0 spiro atoms. The number of H-pyrrole nitrogens is 1. The zero-order valence-electron chi connectivity index (χ0n) is 16.2. The molecule has 0 saturated carbocycles. The highest BCUT2D eigenvalue weighted by molar-refractivity contribution is 7.71. The molecule has 1 aromatic carbocycles. The summed E-state index contributed by atoms with van der Waals surface area (Å²) in [6.07, 6.45) is 2.32. The number of nitrogens with zero attached hydrogens (tertiary/aromatic N) is 3. The number of nitrogens with one attached hydrogen (secondary N) is 2. The summed E-state index contributed by atoms with van der Waals surface area (Å²) < 4.78 is 3.58. The van der Waals surface area contributed by atoms with Crippen molar-refractivity contribution in [2.24, 2.45) is 7.05 Å². The molecule has 0 aliphatic rings. The Morgan fingerprint density at radius 3 is 2.79 bits per heavy atom. The first-order chi connectivity index (χ1) is 13.3. The Hall–Kier alpha value is -3.00. The van der Waals surface area contributed by atoms with Crippen LogP contribution in [0.1, 0.15) is 27.3 Å². The lowest BCUT2D eigenvalue weighted by molar-refractivity contribution is 0.0954. The van der Waals surface area contributed by atoms with Gasteiger partial charge in [0.1, 0.15) is 0 Å². The van der Waals surface area contributed by atoms with Crippen LogP contribution in [0.4, 0.5) is 0 Å². The lowest BCUT2D eigenvalue weighted by atomic mass is 10.1. The maximum absolute atomic E-state index is 12.5. The van der Waals surface area contributed by atoms with Crippen LogP contribution in [0.15, 0.2) is 35.6 Å². The zero-order chi connectivity index (χ0) is 20.4. The van der Waals surface area contributed by atoms with Crippen molar-refractivity contribution in [3.8, 4) is 0 Å². The molecule has 2 aromatic heterocycles. The molecule has 2 heterocycles. The van der Waals surface area contributed by atoms with Crippen LogP contribution >= 0.6 is 12.2 Å². The molecule has 8 heteroatoms. The second kappa shape index (κ2) is 7.93. The maximum Gasteiger partial charge on any atom is 0.262 e. The minimum Gasteiger partial charge on any atom is -0.352 e. The Morgan fingerprint density at radius 2 is 2.14 bits per heavy atom. The van der Waals surface area contributed by atoms with E-state index in [1.807, 2.05) is 25.6 Å². The predicted molar refractivity (Wildman–Crippen MR) is 112 cm³/mol. The van der Waals surface area contributed by atoms with E-state index in [9.17, 15) is 9.59 Å². The Bertz CT molecular complexity index is 1190. The van der Waals surface area contributed by atoms with Crippen molar-refractivity contribution in [1.82, 2.24) is 24.6 Å². The number of aryl methyl sites for hydroxylation is 2. The highest BCUT2D eigenvalue weighted by Gasteiger charge is 2.12. The third-order valence-corrected chi connectivity index (χ3v) is 5.20. The molecule has 0 aliphatic heterocycles. The lowest BCUT2D eigenvalue weighted by Crippen LogP contribution is -2.26. The average molecular weight is 398 g/mol. The first kappa shape index (κ1) is 19.8. The zero-order valence-corrected chi connectivity index (χ0v) is 17.0. The first-order valence-electron chi connectivity index (χ1n) is 8.98. The average Bonchev–Trinajstić information content (AvgIpc) is 2.90. The summed E-state index contributed by atoms with van der Waals surface area (Å²) >= 11 is 5.24. The third-order valence-electron chi connectivity index (χ3n) is 4.88. The fourth-order valence-electron chi connectivity index (χ4n) is 3.27. The summed E-state index contributed by atoms with van der Waals surface area (Å²) in [6.45, 7) is 8.46. The van der Waals surface area contributed by atoms with E-state index >= 15 is 0 Å². The summed E-state index contributed by atoms with van der Waals surface area (Å²) in [6, 6.07) is 4.95. The van der Waals surface area contributed by atoms with Gasteiger partial charge in [-0.25, -0.2) is 0 Å². The number of carbonyl (C=O) groups is 1. The Balaban J connectivity index is 1.78. The largest absolute Gasteiger partial charge is 0.352 e. The van der Waals surface area contributed by atoms with Gasteiger partial charge in [0.25, 0.3) is 11.5 Å². The molecule has 3 aromatic rings. The van der Waals surface area contributed by atoms with Crippen LogP contribution in [-0.4, -0.2) is 31.8 Å². The molecule has 1 amide bonds. The molecule has 0 bridgehead atoms. The van der Waals surface area contributed by atoms with Crippen LogP contribution in [-0.2, 0) is 20.0 Å². The summed E-state index contributed by atoms with van der Waals surface area (Å²) in [4.78, 5) is 28.1. The number of carbonyl (C=O) groups excluding carboxylic acids is 1. The van der Waals surface area contributed by atoms with Crippen LogP contribution in [0.25, 0.3) is 10.9 Å². The highest BCUT2D eigenvalue weighted by atomic mass is 32.1. The van der Waals surface area contributed by atoms with Crippen molar-refractivity contribution in [3.05, 3.63) is 68.5 Å². The molecule has 7 nitrogen and oxygen atoms in total. The fraction of sp³-hybridized carbons (Fsp3) is 0.300. The number of benzene rings is 1. The minimum atomic E-state index is -0.201. The first-order valence-corrected chi connectivity index (χ1v) is 9.39. The van der Waals surface area contributed by atoms with Crippen LogP contribution in [0.2, 0.25) is 0 Å². The second-order valence-electron chi connectivity index (χ2n) is 6.67. The second-order valence-corrected chi connectivity index (χ2v) is 7.06. The number of allylic oxidation sites excluding steroid dienone is 1. The van der Waals surface area contributed by atoms with Crippen molar-refractivity contribution in [2.45, 2.75) is 26.8 Å². The Morgan fingerprint density at radius 1 is 1.39 bits per heavy atom. The molecular formula is C20H23N5O2S. The van der Waals surface area contributed by atoms with E-state index in [1.165, 1.54) is 4.57 Å². The van der Waals surface area contributed by atoms with E-state index in [2.05, 4.69) is 22.0 Å². The van der Waals surface area contributed by atoms with Crippen LogP contribution < -0.4 is 10.9 Å². The normalized spacial score (nSPS) is 11.0. The van der Waals surface area contributed by atoms with Crippen molar-refractivity contribution in [3.63, 3.8) is 0 Å². The monoisotopic (exact) mass is 397 g/mol. The quantitative estimate of drug-likeness (QED) is 0.495. The van der Waals surface area contributed by atoms with E-state index in [1.54, 1.807) is 24.3 Å². The molecule has 146 valence electrons. The molecule has 0 unspecified atom stereocenters. The summed E-state index contributed by atoms with van der Waals surface area (Å²) in [5.74, 6) is -0.198. The summed E-state index contributed by atoms with van der Waals surface area (Å²) in [5.41, 5.74) is 4.03. The van der Waals surface area contributed by atoms with Crippen molar-refractivity contribution in [1.29, 1.82) is 0 Å². The van der Waals surface area contributed by atoms with Gasteiger partial charge in [0, 0.05) is 31.4 Å². The molecule has 0 radical (unpaired) electrons. The van der Waals surface area contributed by atoms with Crippen molar-refractivity contribution >= 4 is 29.0 Å². The summed E-state index contributed by atoms with van der Waals surface area (Å²) in [7, 11) is 1.91. The van der Waals surface area contributed by atoms with Gasteiger partial charge >= 0.3 is 0 Å². The molecule has 0 atom stereocenters. The minimum absolute atomic E-state index is 0.198. The number of amides is 1. The molecule has 28 heavy (non-hydrogen) atoms. The number of aromatic nitrogens is 4. The van der Waals surface area contributed by atoms with Gasteiger partial charge in [0.2, 0.25) is 0 Å². The van der Waals surface area contributed by atoms with E-state index in [0.29, 0.717) is 40.7 Å². The predicted octanol–water partition coefficient (Wildman–Crippen LogP) is 2.57. The number of rotatable bonds is 6. The molecule has 2 N–H and O–H groups in total. The Kier molecular flexibility index (Phi) is 5.60. The molecule has 3 rings (SSSR count). The molecule has 0 saturated heterocycles.